The Hall–Kier alpha value is -2.16. The molecular weight excluding hydrogens is 456 g/mol. The molecule has 0 bridgehead atoms. The van der Waals surface area contributed by atoms with E-state index in [4.69, 9.17) is 8.85 Å². The molecule has 0 aliphatic heterocycles. The fourth-order valence-electron chi connectivity index (χ4n) is 4.29. The van der Waals surface area contributed by atoms with E-state index in [-0.39, 0.29) is 13.2 Å². The summed E-state index contributed by atoms with van der Waals surface area (Å²) in [6.45, 7) is 11.6. The Morgan fingerprint density at radius 1 is 0.758 bits per heavy atom. The van der Waals surface area contributed by atoms with Crippen molar-refractivity contribution in [3.05, 3.63) is 65.2 Å². The molecule has 178 valence electrons. The number of rotatable bonds is 8. The lowest BCUT2D eigenvalue weighted by atomic mass is 10.1. The van der Waals surface area contributed by atoms with E-state index in [1.807, 2.05) is 55.6 Å². The summed E-state index contributed by atoms with van der Waals surface area (Å²) >= 11 is 0. The van der Waals surface area contributed by atoms with Crippen LogP contribution in [0.5, 0.6) is 0 Å². The SMILES string of the molecule is CCO[Si](O)(O)c1cc(C)c(-n2cc[n+](-c3c(C)cc([Si](O)(O)OCC)cc3C)c2)c(C)c1. The summed E-state index contributed by atoms with van der Waals surface area (Å²) in [7, 11) is -7.84. The molecule has 0 atom stereocenters. The lowest BCUT2D eigenvalue weighted by Crippen LogP contribution is -2.52. The van der Waals surface area contributed by atoms with Crippen LogP contribution in [0.25, 0.3) is 11.4 Å². The molecule has 3 aromatic rings. The normalized spacial score (nSPS) is 12.4. The summed E-state index contributed by atoms with van der Waals surface area (Å²) in [6, 6.07) is 7.06. The fraction of sp³-hybridized carbons (Fsp3) is 0.348. The van der Waals surface area contributed by atoms with Crippen LogP contribution in [-0.4, -0.2) is 54.6 Å². The highest BCUT2D eigenvalue weighted by atomic mass is 28.4. The van der Waals surface area contributed by atoms with Crippen molar-refractivity contribution in [2.45, 2.75) is 41.5 Å². The van der Waals surface area contributed by atoms with E-state index in [0.717, 1.165) is 33.6 Å². The predicted molar refractivity (Wildman–Crippen MR) is 129 cm³/mol. The summed E-state index contributed by atoms with van der Waals surface area (Å²) in [5.41, 5.74) is 5.46. The van der Waals surface area contributed by atoms with Crippen LogP contribution < -0.4 is 14.9 Å². The second kappa shape index (κ2) is 9.60. The van der Waals surface area contributed by atoms with Gasteiger partial charge in [-0.3, -0.25) is 0 Å². The molecule has 0 saturated heterocycles. The Morgan fingerprint density at radius 2 is 1.18 bits per heavy atom. The first-order valence-corrected chi connectivity index (χ1v) is 14.5. The van der Waals surface area contributed by atoms with Gasteiger partial charge in [0.25, 0.3) is 6.33 Å². The minimum atomic E-state index is -3.92. The van der Waals surface area contributed by atoms with Gasteiger partial charge in [-0.2, -0.15) is 0 Å². The third-order valence-electron chi connectivity index (χ3n) is 5.58. The van der Waals surface area contributed by atoms with Gasteiger partial charge in [0.1, 0.15) is 23.8 Å². The summed E-state index contributed by atoms with van der Waals surface area (Å²) in [5.74, 6) is 0. The molecule has 0 spiro atoms. The molecule has 8 nitrogen and oxygen atoms in total. The number of nitrogens with zero attached hydrogens (tertiary/aromatic N) is 2. The molecule has 0 aliphatic carbocycles. The minimum Gasteiger partial charge on any atom is -0.386 e. The lowest BCUT2D eigenvalue weighted by Gasteiger charge is -2.19. The van der Waals surface area contributed by atoms with Crippen LogP contribution in [0, 0.1) is 27.7 Å². The first-order valence-electron chi connectivity index (χ1n) is 10.9. The summed E-state index contributed by atoms with van der Waals surface area (Å²) in [6.07, 6.45) is 5.81. The topological polar surface area (TPSA) is 108 Å². The molecular formula is C23H33N2O6Si2+. The molecule has 1 aromatic heterocycles. The van der Waals surface area contributed by atoms with Gasteiger partial charge in [-0.1, -0.05) is 0 Å². The quantitative estimate of drug-likeness (QED) is 0.268. The van der Waals surface area contributed by atoms with E-state index < -0.39 is 17.6 Å². The number of benzene rings is 2. The average Bonchev–Trinajstić information content (AvgIpc) is 3.15. The number of hydrogen-bond acceptors (Lipinski definition) is 6. The van der Waals surface area contributed by atoms with Crippen LogP contribution in [-0.2, 0) is 8.85 Å². The molecule has 4 N–H and O–H groups in total. The Bertz CT molecular complexity index is 1030. The zero-order valence-corrected chi connectivity index (χ0v) is 22.0. The second-order valence-corrected chi connectivity index (χ2v) is 12.4. The zero-order chi connectivity index (χ0) is 24.6. The van der Waals surface area contributed by atoms with E-state index in [0.29, 0.717) is 10.4 Å². The van der Waals surface area contributed by atoms with Crippen molar-refractivity contribution in [3.8, 4) is 11.4 Å². The Kier molecular flexibility index (Phi) is 7.41. The Balaban J connectivity index is 2.02. The molecule has 0 aliphatic rings. The van der Waals surface area contributed by atoms with Crippen molar-refractivity contribution in [2.75, 3.05) is 13.2 Å². The molecule has 1 heterocycles. The van der Waals surface area contributed by atoms with Crippen LogP contribution in [0.15, 0.2) is 43.0 Å². The number of imidazole rings is 1. The third-order valence-corrected chi connectivity index (χ3v) is 9.04. The number of hydrogen-bond donors (Lipinski definition) is 4. The molecule has 2 aromatic carbocycles. The van der Waals surface area contributed by atoms with Crippen molar-refractivity contribution >= 4 is 28.0 Å². The van der Waals surface area contributed by atoms with Crippen LogP contribution >= 0.6 is 0 Å². The highest BCUT2D eigenvalue weighted by molar-refractivity contribution is 6.73. The van der Waals surface area contributed by atoms with Gasteiger partial charge >= 0.3 is 17.6 Å². The van der Waals surface area contributed by atoms with Gasteiger partial charge in [0.05, 0.1) is 0 Å². The first-order chi connectivity index (χ1) is 15.4. The van der Waals surface area contributed by atoms with Crippen molar-refractivity contribution in [2.24, 2.45) is 0 Å². The molecule has 0 fully saturated rings. The Morgan fingerprint density at radius 3 is 1.61 bits per heavy atom. The van der Waals surface area contributed by atoms with E-state index in [1.165, 1.54) is 0 Å². The second-order valence-electron chi connectivity index (χ2n) is 8.23. The largest absolute Gasteiger partial charge is 0.531 e. The van der Waals surface area contributed by atoms with Crippen molar-refractivity contribution < 1.29 is 32.6 Å². The van der Waals surface area contributed by atoms with Crippen molar-refractivity contribution in [1.82, 2.24) is 4.57 Å². The first kappa shape index (κ1) is 25.5. The maximum absolute atomic E-state index is 10.3. The van der Waals surface area contributed by atoms with Crippen molar-refractivity contribution in [1.29, 1.82) is 0 Å². The van der Waals surface area contributed by atoms with Crippen LogP contribution in [0.4, 0.5) is 0 Å². The van der Waals surface area contributed by atoms with E-state index >= 15 is 0 Å². The van der Waals surface area contributed by atoms with Crippen LogP contribution in [0.1, 0.15) is 36.1 Å². The summed E-state index contributed by atoms with van der Waals surface area (Å²) in [4.78, 5) is 41.4. The monoisotopic (exact) mass is 489 g/mol. The highest BCUT2D eigenvalue weighted by Crippen LogP contribution is 2.20. The Labute approximate surface area is 196 Å². The molecule has 0 saturated carbocycles. The van der Waals surface area contributed by atoms with Gasteiger partial charge in [0, 0.05) is 23.6 Å². The van der Waals surface area contributed by atoms with Crippen LogP contribution in [0.2, 0.25) is 0 Å². The smallest absolute Gasteiger partial charge is 0.386 e. The third kappa shape index (κ3) is 5.18. The maximum Gasteiger partial charge on any atom is 0.531 e. The predicted octanol–water partition coefficient (Wildman–Crippen LogP) is 0.322. The maximum atomic E-state index is 10.3. The fourth-order valence-corrected chi connectivity index (χ4v) is 7.05. The van der Waals surface area contributed by atoms with Crippen LogP contribution in [0.3, 0.4) is 0 Å². The number of aryl methyl sites for hydroxylation is 4. The molecule has 33 heavy (non-hydrogen) atoms. The molecule has 3 rings (SSSR count). The summed E-state index contributed by atoms with van der Waals surface area (Å²) in [5, 5.41) is 0.834. The highest BCUT2D eigenvalue weighted by Gasteiger charge is 2.37. The molecule has 0 unspecified atom stereocenters. The van der Waals surface area contributed by atoms with E-state index in [2.05, 4.69) is 0 Å². The van der Waals surface area contributed by atoms with E-state index in [1.54, 1.807) is 38.1 Å². The minimum absolute atomic E-state index is 0.231. The molecule has 10 heteroatoms. The van der Waals surface area contributed by atoms with Crippen molar-refractivity contribution in [3.63, 3.8) is 0 Å². The molecule has 0 radical (unpaired) electrons. The zero-order valence-electron chi connectivity index (χ0n) is 20.0. The van der Waals surface area contributed by atoms with E-state index in [9.17, 15) is 19.2 Å². The summed E-state index contributed by atoms with van der Waals surface area (Å²) < 4.78 is 14.4. The molecule has 0 amide bonds. The average molecular weight is 490 g/mol. The van der Waals surface area contributed by atoms with Gasteiger partial charge in [-0.15, -0.1) is 0 Å². The van der Waals surface area contributed by atoms with Gasteiger partial charge in [-0.05, 0) is 88.1 Å². The standard InChI is InChI=1S/C23H33N2O6Si2/c1-7-30-32(26,27)20-11-16(3)22(17(4)12-20)24-9-10-25(15-24)23-18(5)13-21(14-19(23)6)33(28,29)31-8-2/h9-15,26-29H,7-8H2,1-6H3/q+1. The van der Waals surface area contributed by atoms with Gasteiger partial charge in [0.2, 0.25) is 0 Å². The van der Waals surface area contributed by atoms with Gasteiger partial charge in [0.15, 0.2) is 0 Å². The van der Waals surface area contributed by atoms with Gasteiger partial charge in [-0.25, -0.2) is 9.13 Å². The lowest BCUT2D eigenvalue weighted by molar-refractivity contribution is -0.595. The number of aromatic nitrogens is 2. The van der Waals surface area contributed by atoms with Gasteiger partial charge < -0.3 is 28.0 Å².